The van der Waals surface area contributed by atoms with Crippen LogP contribution in [0, 0.1) is 0 Å². The van der Waals surface area contributed by atoms with Crippen molar-refractivity contribution < 1.29 is 9.59 Å². The summed E-state index contributed by atoms with van der Waals surface area (Å²) < 4.78 is 0. The summed E-state index contributed by atoms with van der Waals surface area (Å²) in [6.07, 6.45) is 0. The molecule has 1 aliphatic heterocycles. The number of anilines is 2. The molecule has 2 aromatic rings. The van der Waals surface area contributed by atoms with E-state index in [1.54, 1.807) is 29.2 Å². The third-order valence-corrected chi connectivity index (χ3v) is 4.61. The Labute approximate surface area is 169 Å². The van der Waals surface area contributed by atoms with Gasteiger partial charge < -0.3 is 20.9 Å². The third kappa shape index (κ3) is 5.52. The molecule has 0 saturated carbocycles. The van der Waals surface area contributed by atoms with E-state index in [4.69, 9.17) is 17.3 Å². The number of hydrogen-bond donors (Lipinski definition) is 2. The van der Waals surface area contributed by atoms with Gasteiger partial charge in [-0.3, -0.25) is 9.59 Å². The van der Waals surface area contributed by atoms with Gasteiger partial charge in [-0.2, -0.15) is 0 Å². The Morgan fingerprint density at radius 1 is 1.04 bits per heavy atom. The molecule has 1 fully saturated rings. The highest BCUT2D eigenvalue weighted by Gasteiger charge is 2.21. The molecule has 0 spiro atoms. The Balaban J connectivity index is 0.00000261. The van der Waals surface area contributed by atoms with Crippen molar-refractivity contribution >= 4 is 47.2 Å². The zero-order valence-corrected chi connectivity index (χ0v) is 16.3. The van der Waals surface area contributed by atoms with Crippen molar-refractivity contribution in [3.8, 4) is 0 Å². The van der Waals surface area contributed by atoms with Gasteiger partial charge in [0.05, 0.1) is 6.54 Å². The molecule has 8 heteroatoms. The number of nitrogens with zero attached hydrogens (tertiary/aromatic N) is 2. The molecule has 2 aromatic carbocycles. The first-order chi connectivity index (χ1) is 12.5. The second-order valence-corrected chi connectivity index (χ2v) is 6.59. The maximum atomic E-state index is 12.3. The van der Waals surface area contributed by atoms with Crippen LogP contribution in [0.25, 0.3) is 0 Å². The van der Waals surface area contributed by atoms with Crippen LogP contribution in [0.3, 0.4) is 0 Å². The van der Waals surface area contributed by atoms with Gasteiger partial charge >= 0.3 is 0 Å². The lowest BCUT2D eigenvalue weighted by atomic mass is 10.2. The molecular formula is C19H22Cl2N4O2. The Morgan fingerprint density at radius 3 is 2.33 bits per heavy atom. The molecule has 1 saturated heterocycles. The Kier molecular flexibility index (Phi) is 7.33. The molecule has 0 unspecified atom stereocenters. The summed E-state index contributed by atoms with van der Waals surface area (Å²) in [4.78, 5) is 28.4. The van der Waals surface area contributed by atoms with Crippen LogP contribution >= 0.6 is 24.0 Å². The fourth-order valence-corrected chi connectivity index (χ4v) is 3.08. The van der Waals surface area contributed by atoms with Crippen LogP contribution in [0.5, 0.6) is 0 Å². The first-order valence-corrected chi connectivity index (χ1v) is 8.83. The van der Waals surface area contributed by atoms with Crippen LogP contribution in [0.1, 0.15) is 10.4 Å². The number of amides is 2. The van der Waals surface area contributed by atoms with Gasteiger partial charge in [-0.15, -0.1) is 12.4 Å². The predicted molar refractivity (Wildman–Crippen MR) is 111 cm³/mol. The van der Waals surface area contributed by atoms with Crippen LogP contribution in [0.4, 0.5) is 11.4 Å². The second-order valence-electron chi connectivity index (χ2n) is 6.15. The van der Waals surface area contributed by atoms with E-state index in [0.717, 1.165) is 18.8 Å². The van der Waals surface area contributed by atoms with E-state index >= 15 is 0 Å². The minimum Gasteiger partial charge on any atom is -0.399 e. The van der Waals surface area contributed by atoms with Gasteiger partial charge in [-0.1, -0.05) is 17.7 Å². The number of benzene rings is 2. The predicted octanol–water partition coefficient (Wildman–Crippen LogP) is 2.42. The summed E-state index contributed by atoms with van der Waals surface area (Å²) in [5.74, 6) is -0.365. The first kappa shape index (κ1) is 20.9. The Morgan fingerprint density at radius 2 is 1.70 bits per heavy atom. The standard InChI is InChI=1S/C19H21ClN4O2.ClH/c20-15-2-1-3-17(12-15)23-8-10-24(11-9-23)18(25)13-22-19(26)14-4-6-16(21)7-5-14;/h1-7,12H,8-11,13,21H2,(H,22,26);1H. The van der Waals surface area contributed by atoms with E-state index in [2.05, 4.69) is 10.2 Å². The van der Waals surface area contributed by atoms with Crippen molar-refractivity contribution in [2.75, 3.05) is 43.4 Å². The normalized spacial score (nSPS) is 13.7. The van der Waals surface area contributed by atoms with E-state index in [-0.39, 0.29) is 30.8 Å². The second kappa shape index (κ2) is 9.48. The van der Waals surface area contributed by atoms with Crippen molar-refractivity contribution in [1.29, 1.82) is 0 Å². The van der Waals surface area contributed by atoms with E-state index < -0.39 is 0 Å². The number of nitrogens with one attached hydrogen (secondary N) is 1. The summed E-state index contributed by atoms with van der Waals surface area (Å²) in [6.45, 7) is 2.68. The van der Waals surface area contributed by atoms with Gasteiger partial charge in [0.1, 0.15) is 0 Å². The fraction of sp³-hybridized carbons (Fsp3) is 0.263. The summed E-state index contributed by atoms with van der Waals surface area (Å²) in [5.41, 5.74) is 7.74. The molecule has 3 N–H and O–H groups in total. The van der Waals surface area contributed by atoms with Gasteiger partial charge in [0.25, 0.3) is 5.91 Å². The minimum atomic E-state index is -0.282. The molecule has 0 aliphatic carbocycles. The van der Waals surface area contributed by atoms with Crippen molar-refractivity contribution in [3.63, 3.8) is 0 Å². The summed E-state index contributed by atoms with van der Waals surface area (Å²) in [6, 6.07) is 14.3. The maximum Gasteiger partial charge on any atom is 0.251 e. The molecule has 0 atom stereocenters. The molecule has 3 rings (SSSR count). The zero-order chi connectivity index (χ0) is 18.5. The average molecular weight is 409 g/mol. The molecule has 27 heavy (non-hydrogen) atoms. The van der Waals surface area contributed by atoms with Crippen LogP contribution in [-0.2, 0) is 4.79 Å². The van der Waals surface area contributed by atoms with Crippen molar-refractivity contribution in [2.45, 2.75) is 0 Å². The van der Waals surface area contributed by atoms with Gasteiger partial charge in [0, 0.05) is 48.1 Å². The van der Waals surface area contributed by atoms with Crippen molar-refractivity contribution in [1.82, 2.24) is 10.2 Å². The lowest BCUT2D eigenvalue weighted by molar-refractivity contribution is -0.130. The zero-order valence-electron chi connectivity index (χ0n) is 14.7. The molecule has 144 valence electrons. The van der Waals surface area contributed by atoms with Crippen LogP contribution in [0.15, 0.2) is 48.5 Å². The number of rotatable bonds is 4. The molecule has 2 amide bonds. The van der Waals surface area contributed by atoms with Gasteiger partial charge in [0.2, 0.25) is 5.91 Å². The highest BCUT2D eigenvalue weighted by molar-refractivity contribution is 6.30. The molecule has 0 aromatic heterocycles. The monoisotopic (exact) mass is 408 g/mol. The molecule has 6 nitrogen and oxygen atoms in total. The van der Waals surface area contributed by atoms with E-state index in [0.29, 0.717) is 29.4 Å². The van der Waals surface area contributed by atoms with E-state index in [1.165, 1.54) is 0 Å². The van der Waals surface area contributed by atoms with Crippen molar-refractivity contribution in [2.24, 2.45) is 0 Å². The SMILES string of the molecule is Cl.Nc1ccc(C(=O)NCC(=O)N2CCN(c3cccc(Cl)c3)CC2)cc1. The number of carbonyl (C=O) groups is 2. The Bertz CT molecular complexity index is 791. The van der Waals surface area contributed by atoms with Gasteiger partial charge in [-0.05, 0) is 42.5 Å². The summed E-state index contributed by atoms with van der Waals surface area (Å²) in [7, 11) is 0. The molecule has 0 bridgehead atoms. The number of nitrogen functional groups attached to an aromatic ring is 1. The third-order valence-electron chi connectivity index (χ3n) is 4.38. The smallest absolute Gasteiger partial charge is 0.251 e. The number of piperazine rings is 1. The summed E-state index contributed by atoms with van der Waals surface area (Å²) >= 11 is 6.03. The lowest BCUT2D eigenvalue weighted by Gasteiger charge is -2.36. The molecule has 1 aliphatic rings. The summed E-state index contributed by atoms with van der Waals surface area (Å²) in [5, 5.41) is 3.36. The van der Waals surface area contributed by atoms with Crippen LogP contribution < -0.4 is 16.0 Å². The fourth-order valence-electron chi connectivity index (χ4n) is 2.89. The highest BCUT2D eigenvalue weighted by atomic mass is 35.5. The van der Waals surface area contributed by atoms with E-state index in [1.807, 2.05) is 24.3 Å². The molecular weight excluding hydrogens is 387 g/mol. The largest absolute Gasteiger partial charge is 0.399 e. The quantitative estimate of drug-likeness (QED) is 0.761. The van der Waals surface area contributed by atoms with Gasteiger partial charge in [-0.25, -0.2) is 0 Å². The van der Waals surface area contributed by atoms with Gasteiger partial charge in [0.15, 0.2) is 0 Å². The van der Waals surface area contributed by atoms with Crippen molar-refractivity contribution in [3.05, 3.63) is 59.1 Å². The first-order valence-electron chi connectivity index (χ1n) is 8.45. The average Bonchev–Trinajstić information content (AvgIpc) is 2.66. The van der Waals surface area contributed by atoms with Crippen LogP contribution in [-0.4, -0.2) is 49.4 Å². The number of carbonyl (C=O) groups excluding carboxylic acids is 2. The molecule has 0 radical (unpaired) electrons. The van der Waals surface area contributed by atoms with E-state index in [9.17, 15) is 9.59 Å². The lowest BCUT2D eigenvalue weighted by Crippen LogP contribution is -2.51. The highest BCUT2D eigenvalue weighted by Crippen LogP contribution is 2.20. The number of nitrogens with two attached hydrogens (primary N) is 1. The number of hydrogen-bond acceptors (Lipinski definition) is 4. The maximum absolute atomic E-state index is 12.3. The van der Waals surface area contributed by atoms with Crippen LogP contribution in [0.2, 0.25) is 5.02 Å². The topological polar surface area (TPSA) is 78.7 Å². The Hall–Kier alpha value is -2.44. The molecule has 1 heterocycles. The number of halogens is 2. The minimum absolute atomic E-state index is 0.